The van der Waals surface area contributed by atoms with Crippen molar-refractivity contribution in [1.82, 2.24) is 0 Å². The average molecular weight is 476 g/mol. The minimum Gasteiger partial charge on any atom is -0.481 e. The van der Waals surface area contributed by atoms with Gasteiger partial charge in [0.15, 0.2) is 10.4 Å². The number of benzene rings is 2. The van der Waals surface area contributed by atoms with Gasteiger partial charge < -0.3 is 13.6 Å². The van der Waals surface area contributed by atoms with E-state index in [9.17, 15) is 4.79 Å². The molecule has 0 fully saturated rings. The number of hydrogen-bond donors (Lipinski definition) is 0. The molecule has 26 heavy (non-hydrogen) atoms. The Kier molecular flexibility index (Phi) is 4.70. The van der Waals surface area contributed by atoms with Gasteiger partial charge in [-0.15, -0.1) is 0 Å². The highest BCUT2D eigenvalue weighted by Crippen LogP contribution is 2.33. The van der Waals surface area contributed by atoms with Crippen LogP contribution in [0.1, 0.15) is 5.56 Å². The van der Waals surface area contributed by atoms with E-state index in [2.05, 4.69) is 31.9 Å². The van der Waals surface area contributed by atoms with E-state index in [1.54, 1.807) is 30.3 Å². The molecule has 0 N–H and O–H groups in total. The van der Waals surface area contributed by atoms with Gasteiger partial charge in [0.1, 0.15) is 12.2 Å². The summed E-state index contributed by atoms with van der Waals surface area (Å²) in [7, 11) is 0. The molecule has 2 aromatic heterocycles. The summed E-state index contributed by atoms with van der Waals surface area (Å²) in [5.41, 5.74) is 1.19. The van der Waals surface area contributed by atoms with Crippen LogP contribution in [0.5, 0.6) is 5.75 Å². The van der Waals surface area contributed by atoms with Crippen molar-refractivity contribution >= 4 is 42.8 Å². The van der Waals surface area contributed by atoms with Crippen molar-refractivity contribution in [3.05, 3.63) is 85.6 Å². The number of rotatable bonds is 4. The van der Waals surface area contributed by atoms with Crippen molar-refractivity contribution in [2.45, 2.75) is 6.61 Å². The Bertz CT molecular complexity index is 1130. The molecule has 4 rings (SSSR count). The summed E-state index contributed by atoms with van der Waals surface area (Å²) in [6.45, 7) is 0.241. The number of para-hydroxylation sites is 1. The van der Waals surface area contributed by atoms with Crippen LogP contribution in [0.3, 0.4) is 0 Å². The fourth-order valence-corrected chi connectivity index (χ4v) is 3.16. The smallest absolute Gasteiger partial charge is 0.235 e. The normalized spacial score (nSPS) is 11.0. The molecule has 0 bridgehead atoms. The van der Waals surface area contributed by atoms with Crippen molar-refractivity contribution in [1.29, 1.82) is 0 Å². The van der Waals surface area contributed by atoms with Gasteiger partial charge in [0, 0.05) is 4.47 Å². The first-order chi connectivity index (χ1) is 12.6. The standard InChI is InChI=1S/C20H12Br2O4/c21-13-7-5-12(6-8-13)11-24-20-18(23)14-3-1-2-4-15(14)26-19(20)16-9-10-17(22)25-16/h1-10H,11H2. The number of halogens is 2. The van der Waals surface area contributed by atoms with Gasteiger partial charge in [-0.25, -0.2) is 0 Å². The fraction of sp³-hybridized carbons (Fsp3) is 0.0500. The predicted molar refractivity (Wildman–Crippen MR) is 106 cm³/mol. The zero-order valence-corrected chi connectivity index (χ0v) is 16.5. The summed E-state index contributed by atoms with van der Waals surface area (Å²) >= 11 is 6.68. The van der Waals surface area contributed by atoms with E-state index >= 15 is 0 Å². The lowest BCUT2D eigenvalue weighted by molar-refractivity contribution is 0.296. The molecule has 0 atom stereocenters. The maximum absolute atomic E-state index is 13.0. The molecule has 0 aliphatic carbocycles. The maximum atomic E-state index is 13.0. The Morgan fingerprint density at radius 1 is 0.885 bits per heavy atom. The van der Waals surface area contributed by atoms with Crippen LogP contribution in [-0.2, 0) is 6.61 Å². The van der Waals surface area contributed by atoms with Crippen molar-refractivity contribution < 1.29 is 13.6 Å². The highest BCUT2D eigenvalue weighted by Gasteiger charge is 2.20. The lowest BCUT2D eigenvalue weighted by atomic mass is 10.2. The molecule has 0 saturated carbocycles. The molecule has 0 amide bonds. The molecular weight excluding hydrogens is 464 g/mol. The lowest BCUT2D eigenvalue weighted by Crippen LogP contribution is -2.10. The number of fused-ring (bicyclic) bond motifs is 1. The molecule has 4 aromatic rings. The van der Waals surface area contributed by atoms with Crippen LogP contribution in [0, 0.1) is 0 Å². The molecule has 0 saturated heterocycles. The summed E-state index contributed by atoms with van der Waals surface area (Å²) in [6.07, 6.45) is 0. The molecule has 0 aliphatic rings. The van der Waals surface area contributed by atoms with Gasteiger partial charge in [0.25, 0.3) is 0 Å². The summed E-state index contributed by atoms with van der Waals surface area (Å²) in [4.78, 5) is 13.0. The molecule has 2 heterocycles. The Morgan fingerprint density at radius 2 is 1.65 bits per heavy atom. The van der Waals surface area contributed by atoms with Crippen LogP contribution in [0.2, 0.25) is 0 Å². The lowest BCUT2D eigenvalue weighted by Gasteiger charge is -2.10. The zero-order chi connectivity index (χ0) is 18.1. The molecule has 2 aromatic carbocycles. The average Bonchev–Trinajstić information content (AvgIpc) is 3.08. The van der Waals surface area contributed by atoms with Gasteiger partial charge in [0.05, 0.1) is 5.39 Å². The highest BCUT2D eigenvalue weighted by molar-refractivity contribution is 9.10. The number of hydrogen-bond acceptors (Lipinski definition) is 4. The van der Waals surface area contributed by atoms with Crippen LogP contribution < -0.4 is 10.2 Å². The summed E-state index contributed by atoms with van der Waals surface area (Å²) in [5.74, 6) is 0.829. The topological polar surface area (TPSA) is 52.6 Å². The Hall–Kier alpha value is -2.31. The first-order valence-electron chi connectivity index (χ1n) is 7.80. The third-order valence-corrected chi connectivity index (χ3v) is 4.80. The van der Waals surface area contributed by atoms with Crippen LogP contribution in [0.4, 0.5) is 0 Å². The largest absolute Gasteiger partial charge is 0.481 e. The molecule has 4 nitrogen and oxygen atoms in total. The molecule has 130 valence electrons. The molecule has 0 spiro atoms. The van der Waals surface area contributed by atoms with Crippen molar-refractivity contribution in [2.75, 3.05) is 0 Å². The monoisotopic (exact) mass is 474 g/mol. The molecule has 0 aliphatic heterocycles. The van der Waals surface area contributed by atoms with E-state index in [0.717, 1.165) is 10.0 Å². The molecule has 0 unspecified atom stereocenters. The Labute approximate surface area is 165 Å². The van der Waals surface area contributed by atoms with E-state index in [0.29, 0.717) is 21.4 Å². The SMILES string of the molecule is O=c1c(OCc2ccc(Br)cc2)c(-c2ccc(Br)o2)oc2ccccc12. The van der Waals surface area contributed by atoms with Gasteiger partial charge in [-0.2, -0.15) is 0 Å². The Balaban J connectivity index is 1.81. The zero-order valence-electron chi connectivity index (χ0n) is 13.4. The first kappa shape index (κ1) is 17.1. The van der Waals surface area contributed by atoms with Crippen LogP contribution in [0.25, 0.3) is 22.5 Å². The van der Waals surface area contributed by atoms with Gasteiger partial charge in [-0.05, 0) is 57.9 Å². The minimum absolute atomic E-state index is 0.133. The molecule has 6 heteroatoms. The summed E-state index contributed by atoms with van der Waals surface area (Å²) in [5, 5.41) is 0.465. The maximum Gasteiger partial charge on any atom is 0.235 e. The van der Waals surface area contributed by atoms with Gasteiger partial charge in [0.2, 0.25) is 16.9 Å². The fourth-order valence-electron chi connectivity index (χ4n) is 2.59. The second-order valence-electron chi connectivity index (χ2n) is 5.60. The van der Waals surface area contributed by atoms with E-state index in [-0.39, 0.29) is 23.5 Å². The third kappa shape index (κ3) is 3.34. The number of ether oxygens (including phenoxy) is 1. The third-order valence-electron chi connectivity index (χ3n) is 3.85. The van der Waals surface area contributed by atoms with Crippen LogP contribution >= 0.6 is 31.9 Å². The second kappa shape index (κ2) is 7.13. The van der Waals surface area contributed by atoms with Crippen molar-refractivity contribution in [2.24, 2.45) is 0 Å². The van der Waals surface area contributed by atoms with Gasteiger partial charge >= 0.3 is 0 Å². The van der Waals surface area contributed by atoms with Crippen LogP contribution in [0.15, 0.2) is 83.4 Å². The minimum atomic E-state index is -0.230. The predicted octanol–water partition coefficient (Wildman–Crippen LogP) is 6.16. The van der Waals surface area contributed by atoms with Gasteiger partial charge in [-0.1, -0.05) is 40.2 Å². The quantitative estimate of drug-likeness (QED) is 0.354. The molecular formula is C20H12Br2O4. The van der Waals surface area contributed by atoms with Crippen molar-refractivity contribution in [3.8, 4) is 17.3 Å². The Morgan fingerprint density at radius 3 is 2.38 bits per heavy atom. The molecule has 0 radical (unpaired) electrons. The van der Waals surface area contributed by atoms with Crippen LogP contribution in [-0.4, -0.2) is 0 Å². The number of furan rings is 1. The van der Waals surface area contributed by atoms with E-state index in [4.69, 9.17) is 13.6 Å². The first-order valence-corrected chi connectivity index (χ1v) is 9.39. The summed E-state index contributed by atoms with van der Waals surface area (Å²) in [6, 6.07) is 18.2. The highest BCUT2D eigenvalue weighted by atomic mass is 79.9. The van der Waals surface area contributed by atoms with E-state index in [1.807, 2.05) is 30.3 Å². The van der Waals surface area contributed by atoms with E-state index in [1.165, 1.54) is 0 Å². The second-order valence-corrected chi connectivity index (χ2v) is 7.30. The van der Waals surface area contributed by atoms with Gasteiger partial charge in [-0.3, -0.25) is 4.79 Å². The van der Waals surface area contributed by atoms with E-state index < -0.39 is 0 Å². The van der Waals surface area contributed by atoms with Crippen molar-refractivity contribution in [3.63, 3.8) is 0 Å². The summed E-state index contributed by atoms with van der Waals surface area (Å²) < 4.78 is 18.9.